The van der Waals surface area contributed by atoms with Crippen molar-refractivity contribution in [3.05, 3.63) is 77.3 Å². The number of phenolic OH excluding ortho intramolecular Hbond substituents is 1. The van der Waals surface area contributed by atoms with E-state index in [4.69, 9.17) is 37.7 Å². The number of thiazole rings is 1. The zero-order valence-corrected chi connectivity index (χ0v) is 19.7. The van der Waals surface area contributed by atoms with Crippen LogP contribution in [0.2, 0.25) is 10.0 Å². The first-order valence-corrected chi connectivity index (χ1v) is 11.7. The molecule has 1 fully saturated rings. The lowest BCUT2D eigenvalue weighted by Gasteiger charge is -2.26. The second kappa shape index (κ2) is 6.62. The summed E-state index contributed by atoms with van der Waals surface area (Å²) in [4.78, 5) is 31.6. The number of phenols is 1. The summed E-state index contributed by atoms with van der Waals surface area (Å²) >= 11 is 13.3. The number of para-hydroxylation sites is 1. The third-order valence-corrected chi connectivity index (χ3v) is 8.29. The summed E-state index contributed by atoms with van der Waals surface area (Å²) in [6, 6.07) is 9.85. The van der Waals surface area contributed by atoms with Crippen LogP contribution in [0.15, 0.2) is 46.2 Å². The summed E-state index contributed by atoms with van der Waals surface area (Å²) in [5, 5.41) is 10.8. The van der Waals surface area contributed by atoms with Crippen LogP contribution >= 0.6 is 34.5 Å². The Morgan fingerprint density at radius 2 is 2.09 bits per heavy atom. The van der Waals surface area contributed by atoms with E-state index in [-0.39, 0.29) is 16.3 Å². The number of carbonyl (C=O) groups excluding carboxylic acids is 1. The molecule has 0 bridgehead atoms. The van der Waals surface area contributed by atoms with Gasteiger partial charge in [0.05, 0.1) is 16.7 Å². The van der Waals surface area contributed by atoms with Crippen molar-refractivity contribution in [1.82, 2.24) is 4.57 Å². The molecule has 168 valence electrons. The highest BCUT2D eigenvalue weighted by molar-refractivity contribution is 7.07. The van der Waals surface area contributed by atoms with Gasteiger partial charge in [0, 0.05) is 16.1 Å². The number of halogens is 2. The second-order valence-electron chi connectivity index (χ2n) is 8.44. The lowest BCUT2D eigenvalue weighted by Crippen LogP contribution is -2.47. The summed E-state index contributed by atoms with van der Waals surface area (Å²) in [7, 11) is 1.33. The van der Waals surface area contributed by atoms with Crippen molar-refractivity contribution in [3.63, 3.8) is 0 Å². The topological polar surface area (TPSA) is 90.1 Å². The van der Waals surface area contributed by atoms with E-state index in [1.165, 1.54) is 30.6 Å². The molecule has 7 nitrogen and oxygen atoms in total. The lowest BCUT2D eigenvalue weighted by atomic mass is 9.97. The maximum atomic E-state index is 13.6. The standard InChI is InChI=1S/C23H16Cl2N2O5S/c1-22-17(20(30)31-2)23(22)18(12-5-3-4-6-14(12)32-23)27-19(29)15(33-21(27)26-22)8-10-7-11(24)9-13(25)16(10)28/h3-9,17-18,28H,1-2H3/b15-8-/t17-,18-,22+,23+/m1/s1. The molecular weight excluding hydrogens is 487 g/mol. The minimum atomic E-state index is -1.04. The van der Waals surface area contributed by atoms with Gasteiger partial charge in [0.1, 0.15) is 29.0 Å². The first-order valence-electron chi connectivity index (χ1n) is 10.1. The fourth-order valence-electron chi connectivity index (χ4n) is 5.30. The monoisotopic (exact) mass is 502 g/mol. The molecular formula is C23H16Cl2N2O5S. The SMILES string of the molecule is COC(=O)[C@H]1[C@]23Oc4ccccc4[C@H]2n2c(s/c(=C\c4cc(Cl)cc(Cl)c4O)c2=O)=N[C@@]13C. The molecule has 3 aromatic rings. The summed E-state index contributed by atoms with van der Waals surface area (Å²) in [5.41, 5.74) is -1.10. The quantitative estimate of drug-likeness (QED) is 0.544. The van der Waals surface area contributed by atoms with Gasteiger partial charge in [-0.2, -0.15) is 0 Å². The number of aromatic hydroxyl groups is 1. The van der Waals surface area contributed by atoms with E-state index in [1.54, 1.807) is 10.6 Å². The molecule has 4 atom stereocenters. The Kier molecular flexibility index (Phi) is 4.17. The number of hydrogen-bond donors (Lipinski definition) is 1. The van der Waals surface area contributed by atoms with E-state index in [2.05, 4.69) is 0 Å². The van der Waals surface area contributed by atoms with Crippen LogP contribution in [0.1, 0.15) is 24.1 Å². The third kappa shape index (κ3) is 2.48. The first-order chi connectivity index (χ1) is 15.7. The number of esters is 1. The second-order valence-corrected chi connectivity index (χ2v) is 10.3. The van der Waals surface area contributed by atoms with Gasteiger partial charge in [-0.1, -0.05) is 52.7 Å². The lowest BCUT2D eigenvalue weighted by molar-refractivity contribution is -0.144. The van der Waals surface area contributed by atoms with Crippen molar-refractivity contribution in [2.45, 2.75) is 24.1 Å². The predicted octanol–water partition coefficient (Wildman–Crippen LogP) is 2.67. The number of benzene rings is 2. The molecule has 2 aliphatic heterocycles. The normalized spacial score (nSPS) is 28.7. The average Bonchev–Trinajstić information content (AvgIpc) is 2.99. The number of carbonyl (C=O) groups is 1. The Balaban J connectivity index is 1.63. The summed E-state index contributed by atoms with van der Waals surface area (Å²) in [6.45, 7) is 1.85. The predicted molar refractivity (Wildman–Crippen MR) is 123 cm³/mol. The highest BCUT2D eigenvalue weighted by Gasteiger charge is 2.88. The van der Waals surface area contributed by atoms with Crippen LogP contribution in [0.4, 0.5) is 0 Å². The van der Waals surface area contributed by atoms with E-state index < -0.39 is 29.1 Å². The van der Waals surface area contributed by atoms with Gasteiger partial charge in [-0.3, -0.25) is 14.2 Å². The van der Waals surface area contributed by atoms with E-state index in [0.29, 0.717) is 25.7 Å². The Labute approximate surface area is 201 Å². The third-order valence-electron chi connectivity index (χ3n) is 6.80. The van der Waals surface area contributed by atoms with E-state index in [0.717, 1.165) is 5.56 Å². The smallest absolute Gasteiger partial charge is 0.315 e. The number of fused-ring (bicyclic) bond motifs is 4. The Hall–Kier alpha value is -2.81. The number of methoxy groups -OCH3 is 1. The molecule has 1 spiro atoms. The number of ether oxygens (including phenoxy) is 2. The van der Waals surface area contributed by atoms with Gasteiger partial charge in [-0.15, -0.1) is 0 Å². The van der Waals surface area contributed by atoms with Gasteiger partial charge in [0.25, 0.3) is 5.56 Å². The van der Waals surface area contributed by atoms with E-state index >= 15 is 0 Å². The molecule has 6 rings (SSSR count). The molecule has 1 N–H and O–H groups in total. The van der Waals surface area contributed by atoms with Crippen LogP contribution in [0.5, 0.6) is 11.5 Å². The molecule has 10 heteroatoms. The molecule has 2 aromatic carbocycles. The fraction of sp³-hybridized carbons (Fsp3) is 0.261. The number of rotatable bonds is 2. The number of nitrogens with zero attached hydrogens (tertiary/aromatic N) is 2. The van der Waals surface area contributed by atoms with Crippen molar-refractivity contribution in [3.8, 4) is 11.5 Å². The minimum Gasteiger partial charge on any atom is -0.506 e. The zero-order valence-electron chi connectivity index (χ0n) is 17.3. The molecule has 1 saturated carbocycles. The molecule has 1 aromatic heterocycles. The Morgan fingerprint density at radius 3 is 2.85 bits per heavy atom. The molecule has 1 aliphatic carbocycles. The maximum absolute atomic E-state index is 13.6. The van der Waals surface area contributed by atoms with Crippen LogP contribution in [0.25, 0.3) is 6.08 Å². The highest BCUT2D eigenvalue weighted by atomic mass is 35.5. The Bertz CT molecular complexity index is 1560. The highest BCUT2D eigenvalue weighted by Crippen LogP contribution is 2.70. The van der Waals surface area contributed by atoms with Crippen LogP contribution in [0, 0.1) is 5.92 Å². The molecule has 0 saturated heterocycles. The summed E-state index contributed by atoms with van der Waals surface area (Å²) in [6.07, 6.45) is 1.54. The van der Waals surface area contributed by atoms with Crippen molar-refractivity contribution in [2.75, 3.05) is 7.11 Å². The first kappa shape index (κ1) is 20.8. The van der Waals surface area contributed by atoms with Gasteiger partial charge in [-0.05, 0) is 31.2 Å². The minimum absolute atomic E-state index is 0.0895. The van der Waals surface area contributed by atoms with Gasteiger partial charge in [0.15, 0.2) is 10.4 Å². The van der Waals surface area contributed by atoms with Gasteiger partial charge >= 0.3 is 5.97 Å². The van der Waals surface area contributed by atoms with Crippen LogP contribution in [-0.4, -0.2) is 33.9 Å². The fourth-order valence-corrected chi connectivity index (χ4v) is 6.90. The molecule has 3 heterocycles. The molecule has 3 aliphatic rings. The van der Waals surface area contributed by atoms with Gasteiger partial charge < -0.3 is 14.6 Å². The average molecular weight is 503 g/mol. The number of hydrogen-bond acceptors (Lipinski definition) is 7. The van der Waals surface area contributed by atoms with E-state index in [9.17, 15) is 14.7 Å². The summed E-state index contributed by atoms with van der Waals surface area (Å²) in [5.74, 6) is -0.624. The van der Waals surface area contributed by atoms with Crippen molar-refractivity contribution < 1.29 is 19.4 Å². The van der Waals surface area contributed by atoms with Gasteiger partial charge in [-0.25, -0.2) is 4.99 Å². The van der Waals surface area contributed by atoms with Crippen LogP contribution < -0.4 is 19.6 Å². The van der Waals surface area contributed by atoms with Crippen molar-refractivity contribution in [1.29, 1.82) is 0 Å². The van der Waals surface area contributed by atoms with Crippen LogP contribution in [0.3, 0.4) is 0 Å². The molecule has 0 radical (unpaired) electrons. The van der Waals surface area contributed by atoms with E-state index in [1.807, 2.05) is 31.2 Å². The summed E-state index contributed by atoms with van der Waals surface area (Å²) < 4.78 is 13.3. The van der Waals surface area contributed by atoms with Gasteiger partial charge in [0.2, 0.25) is 0 Å². The molecule has 33 heavy (non-hydrogen) atoms. The zero-order chi connectivity index (χ0) is 23.3. The van der Waals surface area contributed by atoms with Crippen LogP contribution in [-0.2, 0) is 9.53 Å². The Morgan fingerprint density at radius 1 is 1.33 bits per heavy atom. The molecule has 0 unspecified atom stereocenters. The largest absolute Gasteiger partial charge is 0.506 e. The molecule has 0 amide bonds. The van der Waals surface area contributed by atoms with Crippen molar-refractivity contribution >= 4 is 46.6 Å². The van der Waals surface area contributed by atoms with Crippen molar-refractivity contribution in [2.24, 2.45) is 10.9 Å². The number of aromatic nitrogens is 1. The maximum Gasteiger partial charge on any atom is 0.315 e.